The monoisotopic (exact) mass is 271 g/mol. The van der Waals surface area contributed by atoms with Gasteiger partial charge < -0.3 is 21.9 Å². The number of amides is 1. The third-order valence-electron chi connectivity index (χ3n) is 2.19. The minimum Gasteiger partial charge on any atom is -0.399 e. The van der Waals surface area contributed by atoms with E-state index in [1.54, 1.807) is 31.2 Å². The maximum absolute atomic E-state index is 11.4. The van der Waals surface area contributed by atoms with E-state index in [-0.39, 0.29) is 31.0 Å². The molecule has 0 saturated carbocycles. The molecule has 100 valence electrons. The summed E-state index contributed by atoms with van der Waals surface area (Å²) in [5.74, 6) is -0.284. The van der Waals surface area contributed by atoms with E-state index in [9.17, 15) is 4.79 Å². The number of nitrogens with two attached hydrogens (primary N) is 2. The Morgan fingerprint density at radius 1 is 1.50 bits per heavy atom. The zero-order chi connectivity index (χ0) is 12.8. The van der Waals surface area contributed by atoms with E-state index in [1.165, 1.54) is 6.08 Å². The molecule has 0 bridgehead atoms. The van der Waals surface area contributed by atoms with E-state index in [0.717, 1.165) is 0 Å². The van der Waals surface area contributed by atoms with E-state index in [4.69, 9.17) is 16.6 Å². The number of hydrogen-bond acceptors (Lipinski definition) is 4. The lowest BCUT2D eigenvalue weighted by atomic mass is 10.1. The molecule has 1 aromatic carbocycles. The molecule has 0 saturated heterocycles. The third kappa shape index (κ3) is 5.07. The van der Waals surface area contributed by atoms with Crippen molar-refractivity contribution < 1.29 is 9.90 Å². The van der Waals surface area contributed by atoms with Crippen LogP contribution in [0.4, 0.5) is 11.4 Å². The fourth-order valence-corrected chi connectivity index (χ4v) is 1.24. The lowest BCUT2D eigenvalue weighted by Crippen LogP contribution is -2.33. The van der Waals surface area contributed by atoms with Gasteiger partial charge >= 0.3 is 0 Å². The highest BCUT2D eigenvalue weighted by Gasteiger charge is 2.02. The molecule has 6 N–H and O–H groups in total. The van der Waals surface area contributed by atoms with E-state index in [1.807, 2.05) is 0 Å². The summed E-state index contributed by atoms with van der Waals surface area (Å²) in [7, 11) is 0. The molecular weight excluding hydrogens is 254 g/mol. The molecule has 1 rings (SSSR count). The first-order valence-electron chi connectivity index (χ1n) is 5.27. The number of halogens is 1. The number of rotatable bonds is 4. The maximum Gasteiger partial charge on any atom is 0.244 e. The van der Waals surface area contributed by atoms with Gasteiger partial charge in [0.25, 0.3) is 0 Å². The van der Waals surface area contributed by atoms with E-state index in [0.29, 0.717) is 16.9 Å². The number of aliphatic hydroxyl groups excluding tert-OH is 1. The average molecular weight is 272 g/mol. The molecule has 1 amide bonds. The summed E-state index contributed by atoms with van der Waals surface area (Å²) in [6, 6.07) is 4.80. The van der Waals surface area contributed by atoms with Crippen LogP contribution in [-0.2, 0) is 4.79 Å². The normalized spacial score (nSPS) is 11.9. The van der Waals surface area contributed by atoms with Gasteiger partial charge in [-0.15, -0.1) is 12.4 Å². The predicted molar refractivity (Wildman–Crippen MR) is 76.2 cm³/mol. The fourth-order valence-electron chi connectivity index (χ4n) is 1.24. The maximum atomic E-state index is 11.4. The first-order chi connectivity index (χ1) is 8.02. The van der Waals surface area contributed by atoms with Gasteiger partial charge in [0.1, 0.15) is 0 Å². The summed E-state index contributed by atoms with van der Waals surface area (Å²) in [4.78, 5) is 11.4. The van der Waals surface area contributed by atoms with Crippen molar-refractivity contribution in [3.05, 3.63) is 29.8 Å². The van der Waals surface area contributed by atoms with Crippen molar-refractivity contribution in [3.8, 4) is 0 Å². The highest BCUT2D eigenvalue weighted by molar-refractivity contribution is 5.92. The second-order valence-corrected chi connectivity index (χ2v) is 3.81. The van der Waals surface area contributed by atoms with Gasteiger partial charge in [0, 0.05) is 23.5 Å². The van der Waals surface area contributed by atoms with Crippen molar-refractivity contribution in [2.24, 2.45) is 0 Å². The van der Waals surface area contributed by atoms with Crippen LogP contribution in [0, 0.1) is 0 Å². The van der Waals surface area contributed by atoms with Crippen molar-refractivity contribution in [1.29, 1.82) is 0 Å². The van der Waals surface area contributed by atoms with Crippen LogP contribution in [0.1, 0.15) is 12.5 Å². The van der Waals surface area contributed by atoms with E-state index in [2.05, 4.69) is 5.32 Å². The topological polar surface area (TPSA) is 101 Å². The molecule has 0 aliphatic carbocycles. The van der Waals surface area contributed by atoms with Crippen LogP contribution in [-0.4, -0.2) is 23.7 Å². The van der Waals surface area contributed by atoms with Gasteiger partial charge in [-0.1, -0.05) is 0 Å². The largest absolute Gasteiger partial charge is 0.399 e. The Balaban J connectivity index is 0.00000289. The standard InChI is InChI=1S/C12H17N3O2.ClH/c1-8(7-16)15-12(17)5-2-9-6-10(13)3-4-11(9)14;/h2-6,8,16H,7,13-14H2,1H3,(H,15,17);1H/b5-2+;. The SMILES string of the molecule is CC(CO)NC(=O)/C=C/c1cc(N)ccc1N.Cl. The van der Waals surface area contributed by atoms with Crippen molar-refractivity contribution in [2.45, 2.75) is 13.0 Å². The fraction of sp³-hybridized carbons (Fsp3) is 0.250. The first-order valence-corrected chi connectivity index (χ1v) is 5.27. The smallest absolute Gasteiger partial charge is 0.244 e. The van der Waals surface area contributed by atoms with Gasteiger partial charge in [-0.05, 0) is 36.8 Å². The number of benzene rings is 1. The first kappa shape index (κ1) is 16.3. The van der Waals surface area contributed by atoms with Gasteiger partial charge in [-0.3, -0.25) is 4.79 Å². The number of hydrogen-bond donors (Lipinski definition) is 4. The van der Waals surface area contributed by atoms with Gasteiger partial charge in [0.15, 0.2) is 0 Å². The molecule has 5 nitrogen and oxygen atoms in total. The number of nitrogens with one attached hydrogen (secondary N) is 1. The average Bonchev–Trinajstić information content (AvgIpc) is 2.30. The molecule has 0 aromatic heterocycles. The molecule has 0 spiro atoms. The summed E-state index contributed by atoms with van der Waals surface area (Å²) in [6.45, 7) is 1.61. The molecule has 0 aliphatic rings. The van der Waals surface area contributed by atoms with Crippen molar-refractivity contribution >= 4 is 35.8 Å². The van der Waals surface area contributed by atoms with E-state index < -0.39 is 0 Å². The van der Waals surface area contributed by atoms with Crippen LogP contribution in [0.25, 0.3) is 6.08 Å². The van der Waals surface area contributed by atoms with E-state index >= 15 is 0 Å². The summed E-state index contributed by atoms with van der Waals surface area (Å²) in [5.41, 5.74) is 13.2. The molecule has 0 heterocycles. The highest BCUT2D eigenvalue weighted by Crippen LogP contribution is 2.16. The molecule has 1 unspecified atom stereocenters. The summed E-state index contributed by atoms with van der Waals surface area (Å²) >= 11 is 0. The Kier molecular flexibility index (Phi) is 6.85. The van der Waals surface area contributed by atoms with Gasteiger partial charge in [-0.2, -0.15) is 0 Å². The molecule has 6 heteroatoms. The lowest BCUT2D eigenvalue weighted by Gasteiger charge is -2.08. The van der Waals surface area contributed by atoms with Gasteiger partial charge in [0.2, 0.25) is 5.91 Å². The molecule has 0 fully saturated rings. The lowest BCUT2D eigenvalue weighted by molar-refractivity contribution is -0.117. The second-order valence-electron chi connectivity index (χ2n) is 3.81. The van der Waals surface area contributed by atoms with Crippen molar-refractivity contribution in [1.82, 2.24) is 5.32 Å². The van der Waals surface area contributed by atoms with Crippen LogP contribution in [0.5, 0.6) is 0 Å². The summed E-state index contributed by atoms with van der Waals surface area (Å²) in [6.07, 6.45) is 2.95. The number of nitrogen functional groups attached to an aromatic ring is 2. The molecular formula is C12H18ClN3O2. The number of anilines is 2. The molecule has 18 heavy (non-hydrogen) atoms. The highest BCUT2D eigenvalue weighted by atomic mass is 35.5. The second kappa shape index (κ2) is 7.58. The quantitative estimate of drug-likeness (QED) is 0.480. The molecule has 0 radical (unpaired) electrons. The Morgan fingerprint density at radius 3 is 2.78 bits per heavy atom. The summed E-state index contributed by atoms with van der Waals surface area (Å²) < 4.78 is 0. The third-order valence-corrected chi connectivity index (χ3v) is 2.19. The Hall–Kier alpha value is -1.72. The Morgan fingerprint density at radius 2 is 2.17 bits per heavy atom. The number of carbonyl (C=O) groups is 1. The van der Waals surface area contributed by atoms with Crippen LogP contribution >= 0.6 is 12.4 Å². The minimum atomic E-state index is -0.284. The molecule has 1 atom stereocenters. The molecule has 1 aromatic rings. The molecule has 0 aliphatic heterocycles. The van der Waals surface area contributed by atoms with Gasteiger partial charge in [0.05, 0.1) is 6.61 Å². The minimum absolute atomic E-state index is 0. The zero-order valence-corrected chi connectivity index (χ0v) is 10.9. The van der Waals surface area contributed by atoms with Crippen LogP contribution < -0.4 is 16.8 Å². The zero-order valence-electron chi connectivity index (χ0n) is 10.1. The Labute approximate surface area is 112 Å². The summed E-state index contributed by atoms with van der Waals surface area (Å²) in [5, 5.41) is 11.4. The number of carbonyl (C=O) groups excluding carboxylic acids is 1. The van der Waals surface area contributed by atoms with Crippen LogP contribution in [0.2, 0.25) is 0 Å². The van der Waals surface area contributed by atoms with Crippen LogP contribution in [0.15, 0.2) is 24.3 Å². The predicted octanol–water partition coefficient (Wildman–Crippen LogP) is 0.783. The van der Waals surface area contributed by atoms with Gasteiger partial charge in [-0.25, -0.2) is 0 Å². The Bertz CT molecular complexity index is 435. The van der Waals surface area contributed by atoms with Crippen molar-refractivity contribution in [3.63, 3.8) is 0 Å². The van der Waals surface area contributed by atoms with Crippen LogP contribution in [0.3, 0.4) is 0 Å². The van der Waals surface area contributed by atoms with Crippen molar-refractivity contribution in [2.75, 3.05) is 18.1 Å². The number of aliphatic hydroxyl groups is 1.